The van der Waals surface area contributed by atoms with Gasteiger partial charge in [0.1, 0.15) is 4.90 Å². The van der Waals surface area contributed by atoms with Crippen LogP contribution in [0.5, 0.6) is 17.2 Å². The van der Waals surface area contributed by atoms with Crippen molar-refractivity contribution < 1.29 is 27.4 Å². The summed E-state index contributed by atoms with van der Waals surface area (Å²) in [7, 11) is -3.38. The Morgan fingerprint density at radius 1 is 1.17 bits per heavy atom. The molecule has 24 heavy (non-hydrogen) atoms. The van der Waals surface area contributed by atoms with Gasteiger partial charge in [-0.05, 0) is 12.1 Å². The highest BCUT2D eigenvalue weighted by Gasteiger charge is 2.23. The maximum absolute atomic E-state index is 11.4. The van der Waals surface area contributed by atoms with Gasteiger partial charge in [0.15, 0.2) is 17.2 Å². The van der Waals surface area contributed by atoms with Gasteiger partial charge in [-0.2, -0.15) is 8.42 Å². The zero-order chi connectivity index (χ0) is 18.1. The molecule has 0 saturated heterocycles. The van der Waals surface area contributed by atoms with Gasteiger partial charge in [0.25, 0.3) is 15.8 Å². The van der Waals surface area contributed by atoms with E-state index >= 15 is 0 Å². The van der Waals surface area contributed by atoms with Crippen molar-refractivity contribution in [2.45, 2.75) is 4.90 Å². The molecule has 8 nitrogen and oxygen atoms in total. The van der Waals surface area contributed by atoms with Gasteiger partial charge in [0.2, 0.25) is 0 Å². The minimum Gasteiger partial charge on any atom is -0.491 e. The molecule has 2 aromatic rings. The van der Waals surface area contributed by atoms with Crippen LogP contribution >= 0.6 is 23.2 Å². The molecule has 0 aliphatic carbocycles. The second-order valence-corrected chi connectivity index (χ2v) is 6.56. The Bertz CT molecular complexity index is 892. The molecular formula is C13H9Cl2NO7S. The van der Waals surface area contributed by atoms with Crippen molar-refractivity contribution in [3.63, 3.8) is 0 Å². The van der Waals surface area contributed by atoms with Crippen molar-refractivity contribution in [1.82, 2.24) is 0 Å². The van der Waals surface area contributed by atoms with E-state index in [1.807, 2.05) is 0 Å². The number of nitro groups is 1. The Kier molecular flexibility index (Phi) is 5.19. The lowest BCUT2D eigenvalue weighted by Gasteiger charge is -2.14. The first-order valence-corrected chi connectivity index (χ1v) is 8.30. The maximum Gasteiger partial charge on any atom is 0.298 e. The maximum atomic E-state index is 11.4. The van der Waals surface area contributed by atoms with Crippen molar-refractivity contribution in [1.29, 1.82) is 0 Å². The summed E-state index contributed by atoms with van der Waals surface area (Å²) in [6.07, 6.45) is 0. The van der Waals surface area contributed by atoms with E-state index in [-0.39, 0.29) is 33.0 Å². The average Bonchev–Trinajstić information content (AvgIpc) is 2.49. The molecule has 0 amide bonds. The highest BCUT2D eigenvalue weighted by Crippen LogP contribution is 2.43. The number of benzene rings is 2. The first-order chi connectivity index (χ1) is 11.1. The largest absolute Gasteiger partial charge is 0.491 e. The number of non-ortho nitro benzene ring substituents is 1. The highest BCUT2D eigenvalue weighted by atomic mass is 35.5. The molecule has 11 heteroatoms. The summed E-state index contributed by atoms with van der Waals surface area (Å²) < 4.78 is 42.3. The molecule has 2 aromatic carbocycles. The van der Waals surface area contributed by atoms with Crippen LogP contribution in [0.4, 0.5) is 5.69 Å². The van der Waals surface area contributed by atoms with Crippen molar-refractivity contribution >= 4 is 39.0 Å². The molecule has 0 atom stereocenters. The van der Waals surface area contributed by atoms with Crippen LogP contribution in [0.1, 0.15) is 0 Å². The van der Waals surface area contributed by atoms with Crippen LogP contribution in [0.3, 0.4) is 0 Å². The Labute approximate surface area is 146 Å². The summed E-state index contributed by atoms with van der Waals surface area (Å²) in [4.78, 5) is 9.57. The van der Waals surface area contributed by atoms with Gasteiger partial charge in [-0.3, -0.25) is 14.7 Å². The van der Waals surface area contributed by atoms with E-state index in [4.69, 9.17) is 32.7 Å². The van der Waals surface area contributed by atoms with Gasteiger partial charge in [0.05, 0.1) is 22.1 Å². The summed E-state index contributed by atoms with van der Waals surface area (Å²) in [5.41, 5.74) is -0.337. The topological polar surface area (TPSA) is 116 Å². The predicted octanol–water partition coefficient (Wildman–Crippen LogP) is 3.95. The number of nitro benzene ring substituents is 1. The molecule has 0 bridgehead atoms. The number of rotatable bonds is 5. The van der Waals surface area contributed by atoms with Crippen LogP contribution in [0.2, 0.25) is 10.0 Å². The molecule has 1 N–H and O–H groups in total. The number of hydrogen-bond acceptors (Lipinski definition) is 6. The number of hydrogen-bond donors (Lipinski definition) is 1. The fourth-order valence-corrected chi connectivity index (χ4v) is 3.06. The molecule has 0 saturated carbocycles. The standard InChI is InChI=1S/C13H9Cl2NO7S/c1-22-13-10(3-2-4-11(13)24(19,20)21)23-12-8(14)5-7(16(17)18)6-9(12)15/h2-6H,1H3,(H,19,20,21). The van der Waals surface area contributed by atoms with Crippen molar-refractivity contribution in [3.8, 4) is 17.2 Å². The van der Waals surface area contributed by atoms with Crippen LogP contribution in [-0.4, -0.2) is 25.0 Å². The number of para-hydroxylation sites is 1. The lowest BCUT2D eigenvalue weighted by molar-refractivity contribution is -0.384. The zero-order valence-corrected chi connectivity index (χ0v) is 14.2. The van der Waals surface area contributed by atoms with Crippen molar-refractivity contribution in [3.05, 3.63) is 50.5 Å². The molecule has 128 valence electrons. The van der Waals surface area contributed by atoms with Crippen LogP contribution in [0.15, 0.2) is 35.2 Å². The van der Waals surface area contributed by atoms with Gasteiger partial charge in [-0.25, -0.2) is 0 Å². The summed E-state index contributed by atoms with van der Waals surface area (Å²) >= 11 is 11.9. The fraction of sp³-hybridized carbons (Fsp3) is 0.0769. The lowest BCUT2D eigenvalue weighted by atomic mass is 10.3. The Hall–Kier alpha value is -2.07. The third kappa shape index (κ3) is 3.70. The molecule has 0 aromatic heterocycles. The Morgan fingerprint density at radius 3 is 2.21 bits per heavy atom. The van der Waals surface area contributed by atoms with E-state index in [1.54, 1.807) is 0 Å². The predicted molar refractivity (Wildman–Crippen MR) is 86.0 cm³/mol. The van der Waals surface area contributed by atoms with E-state index in [2.05, 4.69) is 0 Å². The van der Waals surface area contributed by atoms with Crippen LogP contribution < -0.4 is 9.47 Å². The van der Waals surface area contributed by atoms with Gasteiger partial charge in [-0.1, -0.05) is 29.3 Å². The fourth-order valence-electron chi connectivity index (χ4n) is 1.84. The number of methoxy groups -OCH3 is 1. The zero-order valence-electron chi connectivity index (χ0n) is 11.9. The van der Waals surface area contributed by atoms with E-state index < -0.39 is 19.9 Å². The normalized spacial score (nSPS) is 11.2. The third-order valence-electron chi connectivity index (χ3n) is 2.83. The third-order valence-corrected chi connectivity index (χ3v) is 4.27. The molecule has 0 unspecified atom stereocenters. The Morgan fingerprint density at radius 2 is 1.75 bits per heavy atom. The van der Waals surface area contributed by atoms with Gasteiger partial charge in [0, 0.05) is 12.1 Å². The quantitative estimate of drug-likeness (QED) is 0.464. The number of ether oxygens (including phenoxy) is 2. The van der Waals surface area contributed by atoms with Crippen molar-refractivity contribution in [2.24, 2.45) is 0 Å². The molecule has 0 heterocycles. The minimum atomic E-state index is -4.56. The minimum absolute atomic E-state index is 0.106. The number of halogens is 2. The first-order valence-electron chi connectivity index (χ1n) is 6.11. The molecular weight excluding hydrogens is 385 g/mol. The summed E-state index contributed by atoms with van der Waals surface area (Å²) in [5.74, 6) is -0.509. The van der Waals surface area contributed by atoms with Crippen LogP contribution in [0, 0.1) is 10.1 Å². The molecule has 0 fully saturated rings. The molecule has 0 radical (unpaired) electrons. The van der Waals surface area contributed by atoms with E-state index in [1.165, 1.54) is 19.2 Å². The summed E-state index contributed by atoms with van der Waals surface area (Å²) in [5, 5.41) is 10.4. The smallest absolute Gasteiger partial charge is 0.298 e. The second kappa shape index (κ2) is 6.81. The Balaban J connectivity index is 2.55. The van der Waals surface area contributed by atoms with Gasteiger partial charge in [-0.15, -0.1) is 0 Å². The number of nitrogens with zero attached hydrogens (tertiary/aromatic N) is 1. The average molecular weight is 394 g/mol. The van der Waals surface area contributed by atoms with Crippen LogP contribution in [0.25, 0.3) is 0 Å². The van der Waals surface area contributed by atoms with Gasteiger partial charge < -0.3 is 9.47 Å². The molecule has 0 spiro atoms. The van der Waals surface area contributed by atoms with Crippen LogP contribution in [-0.2, 0) is 10.1 Å². The van der Waals surface area contributed by atoms with E-state index in [9.17, 15) is 23.1 Å². The summed E-state index contributed by atoms with van der Waals surface area (Å²) in [6, 6.07) is 5.82. The molecule has 2 rings (SSSR count). The SMILES string of the molecule is COc1c(Oc2c(Cl)cc([N+](=O)[O-])cc2Cl)cccc1S(=O)(=O)O. The highest BCUT2D eigenvalue weighted by molar-refractivity contribution is 7.86. The molecule has 0 aliphatic rings. The molecule has 0 aliphatic heterocycles. The monoisotopic (exact) mass is 393 g/mol. The first kappa shape index (κ1) is 18.3. The van der Waals surface area contributed by atoms with Gasteiger partial charge >= 0.3 is 0 Å². The summed E-state index contributed by atoms with van der Waals surface area (Å²) in [6.45, 7) is 0. The lowest BCUT2D eigenvalue weighted by Crippen LogP contribution is -2.03. The van der Waals surface area contributed by atoms with E-state index in [0.29, 0.717) is 0 Å². The second-order valence-electron chi connectivity index (χ2n) is 4.36. The van der Waals surface area contributed by atoms with Crippen molar-refractivity contribution in [2.75, 3.05) is 7.11 Å². The van der Waals surface area contributed by atoms with E-state index in [0.717, 1.165) is 18.2 Å².